The van der Waals surface area contributed by atoms with Gasteiger partial charge in [0, 0.05) is 18.8 Å². The molecule has 3 N–H and O–H groups in total. The summed E-state index contributed by atoms with van der Waals surface area (Å²) < 4.78 is 4.52. The molecule has 7 nitrogen and oxygen atoms in total. The summed E-state index contributed by atoms with van der Waals surface area (Å²) in [6.45, 7) is 0.312. The van der Waals surface area contributed by atoms with Crippen molar-refractivity contribution in [1.29, 1.82) is 0 Å². The number of amides is 1. The predicted octanol–water partition coefficient (Wildman–Crippen LogP) is 0.635. The summed E-state index contributed by atoms with van der Waals surface area (Å²) in [7, 11) is 1.26. The molecule has 0 aliphatic rings. The van der Waals surface area contributed by atoms with Gasteiger partial charge in [0.05, 0.1) is 13.5 Å². The molecule has 0 saturated heterocycles. The van der Waals surface area contributed by atoms with Gasteiger partial charge in [-0.1, -0.05) is 12.1 Å². The van der Waals surface area contributed by atoms with Gasteiger partial charge in [-0.25, -0.2) is 0 Å². The average Bonchev–Trinajstić information content (AvgIpc) is 2.44. The van der Waals surface area contributed by atoms with Crippen molar-refractivity contribution in [3.63, 3.8) is 0 Å². The van der Waals surface area contributed by atoms with Crippen LogP contribution < -0.4 is 5.73 Å². The first-order valence-electron chi connectivity index (χ1n) is 6.33. The number of hydrogen-bond acceptors (Lipinski definition) is 5. The average molecular weight is 294 g/mol. The van der Waals surface area contributed by atoms with Crippen molar-refractivity contribution in [2.24, 2.45) is 0 Å². The van der Waals surface area contributed by atoms with Crippen LogP contribution in [0.2, 0.25) is 0 Å². The molecule has 0 spiro atoms. The topological polar surface area (TPSA) is 110 Å². The molecular weight excluding hydrogens is 276 g/mol. The third kappa shape index (κ3) is 5.94. The molecule has 0 aromatic heterocycles. The SMILES string of the molecule is COC(=O)CCN(Cc1ccc(N)cc1)C(=O)CC(=O)O. The van der Waals surface area contributed by atoms with Crippen molar-refractivity contribution in [2.75, 3.05) is 19.4 Å². The van der Waals surface area contributed by atoms with Crippen molar-refractivity contribution in [1.82, 2.24) is 4.90 Å². The number of benzene rings is 1. The number of carbonyl (C=O) groups excluding carboxylic acids is 2. The molecule has 0 saturated carbocycles. The van der Waals surface area contributed by atoms with E-state index in [0.29, 0.717) is 5.69 Å². The molecule has 114 valence electrons. The van der Waals surface area contributed by atoms with E-state index < -0.39 is 24.3 Å². The lowest BCUT2D eigenvalue weighted by atomic mass is 10.2. The quantitative estimate of drug-likeness (QED) is 0.434. The van der Waals surface area contributed by atoms with Gasteiger partial charge in [-0.3, -0.25) is 14.4 Å². The van der Waals surface area contributed by atoms with Crippen LogP contribution in [-0.4, -0.2) is 41.5 Å². The number of nitrogen functional groups attached to an aromatic ring is 1. The third-order valence-corrected chi connectivity index (χ3v) is 2.82. The molecule has 0 fully saturated rings. The van der Waals surface area contributed by atoms with Gasteiger partial charge in [-0.15, -0.1) is 0 Å². The van der Waals surface area contributed by atoms with E-state index >= 15 is 0 Å². The number of carbonyl (C=O) groups is 3. The Labute approximate surface area is 122 Å². The zero-order valence-electron chi connectivity index (χ0n) is 11.7. The van der Waals surface area contributed by atoms with Gasteiger partial charge in [-0.05, 0) is 17.7 Å². The first kappa shape index (κ1) is 16.5. The third-order valence-electron chi connectivity index (χ3n) is 2.82. The van der Waals surface area contributed by atoms with E-state index in [2.05, 4.69) is 4.74 Å². The summed E-state index contributed by atoms with van der Waals surface area (Å²) in [6, 6.07) is 6.87. The molecule has 1 rings (SSSR count). The summed E-state index contributed by atoms with van der Waals surface area (Å²) in [6.07, 6.45) is -0.604. The van der Waals surface area contributed by atoms with Crippen LogP contribution in [0.25, 0.3) is 0 Å². The first-order chi connectivity index (χ1) is 9.92. The second-order valence-corrected chi connectivity index (χ2v) is 4.45. The summed E-state index contributed by atoms with van der Waals surface area (Å²) >= 11 is 0. The van der Waals surface area contributed by atoms with Crippen molar-refractivity contribution in [3.05, 3.63) is 29.8 Å². The Morgan fingerprint density at radius 1 is 1.24 bits per heavy atom. The van der Waals surface area contributed by atoms with Gasteiger partial charge < -0.3 is 20.5 Å². The Balaban J connectivity index is 2.74. The molecule has 0 radical (unpaired) electrons. The van der Waals surface area contributed by atoms with E-state index in [9.17, 15) is 14.4 Å². The minimum Gasteiger partial charge on any atom is -0.481 e. The minimum atomic E-state index is -1.21. The molecule has 1 amide bonds. The highest BCUT2D eigenvalue weighted by Crippen LogP contribution is 2.10. The first-order valence-corrected chi connectivity index (χ1v) is 6.33. The van der Waals surface area contributed by atoms with Gasteiger partial charge in [0.2, 0.25) is 5.91 Å². The molecule has 0 aliphatic carbocycles. The summed E-state index contributed by atoms with van der Waals surface area (Å²) in [5.41, 5.74) is 6.97. The Hall–Kier alpha value is -2.57. The smallest absolute Gasteiger partial charge is 0.312 e. The number of esters is 1. The van der Waals surface area contributed by atoms with E-state index in [1.54, 1.807) is 24.3 Å². The maximum Gasteiger partial charge on any atom is 0.312 e. The molecule has 0 bridgehead atoms. The highest BCUT2D eigenvalue weighted by molar-refractivity contribution is 5.93. The number of nitrogens with zero attached hydrogens (tertiary/aromatic N) is 1. The van der Waals surface area contributed by atoms with E-state index in [1.165, 1.54) is 12.0 Å². The van der Waals surface area contributed by atoms with Gasteiger partial charge in [-0.2, -0.15) is 0 Å². The Bertz CT molecular complexity index is 513. The number of ether oxygens (including phenoxy) is 1. The number of nitrogens with two attached hydrogens (primary N) is 1. The predicted molar refractivity (Wildman–Crippen MR) is 75.2 cm³/mol. The Morgan fingerprint density at radius 3 is 2.38 bits per heavy atom. The highest BCUT2D eigenvalue weighted by Gasteiger charge is 2.18. The van der Waals surface area contributed by atoms with Crippen molar-refractivity contribution in [2.45, 2.75) is 19.4 Å². The summed E-state index contributed by atoms with van der Waals surface area (Å²) in [4.78, 5) is 35.0. The second kappa shape index (κ2) is 7.88. The fraction of sp³-hybridized carbons (Fsp3) is 0.357. The lowest BCUT2D eigenvalue weighted by Gasteiger charge is -2.21. The van der Waals surface area contributed by atoms with Crippen LogP contribution in [0.3, 0.4) is 0 Å². The number of carboxylic acids is 1. The number of hydrogen-bond donors (Lipinski definition) is 2. The zero-order valence-corrected chi connectivity index (χ0v) is 11.7. The Kier molecular flexibility index (Phi) is 6.19. The van der Waals surface area contributed by atoms with E-state index in [1.807, 2.05) is 0 Å². The zero-order chi connectivity index (χ0) is 15.8. The molecular formula is C14H18N2O5. The van der Waals surface area contributed by atoms with Crippen LogP contribution in [0.15, 0.2) is 24.3 Å². The second-order valence-electron chi connectivity index (χ2n) is 4.45. The van der Waals surface area contributed by atoms with Crippen molar-refractivity contribution in [3.8, 4) is 0 Å². The van der Waals surface area contributed by atoms with Crippen LogP contribution in [-0.2, 0) is 25.7 Å². The number of aliphatic carboxylic acids is 1. The molecule has 0 atom stereocenters. The minimum absolute atomic E-state index is 0.0107. The Morgan fingerprint density at radius 2 is 1.86 bits per heavy atom. The van der Waals surface area contributed by atoms with Gasteiger partial charge in [0.25, 0.3) is 0 Å². The number of carboxylic acid groups (broad SMARTS) is 1. The molecule has 7 heteroatoms. The normalized spacial score (nSPS) is 9.95. The number of anilines is 1. The van der Waals surface area contributed by atoms with Crippen LogP contribution in [0.5, 0.6) is 0 Å². The molecule has 0 heterocycles. The van der Waals surface area contributed by atoms with Gasteiger partial charge in [0.1, 0.15) is 6.42 Å². The number of rotatable bonds is 7. The molecule has 0 unspecified atom stereocenters. The summed E-state index contributed by atoms with van der Waals surface area (Å²) in [5, 5.41) is 8.70. The maximum atomic E-state index is 11.9. The van der Waals surface area contributed by atoms with Crippen molar-refractivity contribution >= 4 is 23.5 Å². The molecule has 1 aromatic rings. The molecule has 0 aliphatic heterocycles. The summed E-state index contributed by atoms with van der Waals surface area (Å²) in [5.74, 6) is -2.22. The standard InChI is InChI=1S/C14H18N2O5/c1-21-14(20)6-7-16(12(17)8-13(18)19)9-10-2-4-11(15)5-3-10/h2-5H,6-9,15H2,1H3,(H,18,19). The monoisotopic (exact) mass is 294 g/mol. The van der Waals surface area contributed by atoms with Gasteiger partial charge >= 0.3 is 11.9 Å². The fourth-order valence-corrected chi connectivity index (χ4v) is 1.70. The number of methoxy groups -OCH3 is 1. The van der Waals surface area contributed by atoms with Crippen LogP contribution in [0.4, 0.5) is 5.69 Å². The van der Waals surface area contributed by atoms with Crippen molar-refractivity contribution < 1.29 is 24.2 Å². The largest absolute Gasteiger partial charge is 0.481 e. The molecule has 21 heavy (non-hydrogen) atoms. The lowest BCUT2D eigenvalue weighted by molar-refractivity contribution is -0.145. The lowest BCUT2D eigenvalue weighted by Crippen LogP contribution is -2.34. The van der Waals surface area contributed by atoms with Crippen LogP contribution in [0, 0.1) is 0 Å². The fourth-order valence-electron chi connectivity index (χ4n) is 1.70. The highest BCUT2D eigenvalue weighted by atomic mass is 16.5. The van der Waals surface area contributed by atoms with Crippen LogP contribution >= 0.6 is 0 Å². The van der Waals surface area contributed by atoms with Crippen LogP contribution in [0.1, 0.15) is 18.4 Å². The maximum absolute atomic E-state index is 11.9. The molecule has 1 aromatic carbocycles. The van der Waals surface area contributed by atoms with E-state index in [4.69, 9.17) is 10.8 Å². The van der Waals surface area contributed by atoms with Gasteiger partial charge in [0.15, 0.2) is 0 Å². The van der Waals surface area contributed by atoms with E-state index in [0.717, 1.165) is 5.56 Å². The van der Waals surface area contributed by atoms with E-state index in [-0.39, 0.29) is 19.5 Å².